The van der Waals surface area contributed by atoms with Gasteiger partial charge in [-0.1, -0.05) is 12.1 Å². The number of ether oxygens (including phenoxy) is 1. The molecule has 0 radical (unpaired) electrons. The van der Waals surface area contributed by atoms with E-state index in [2.05, 4.69) is 35.3 Å². The minimum Gasteiger partial charge on any atom is -0.368 e. The van der Waals surface area contributed by atoms with Gasteiger partial charge in [0.1, 0.15) is 6.10 Å². The topological polar surface area (TPSA) is 44.8 Å². The fourth-order valence-corrected chi connectivity index (χ4v) is 4.35. The first-order chi connectivity index (χ1) is 12.2. The minimum atomic E-state index is -0.224. The lowest BCUT2D eigenvalue weighted by atomic mass is 10.0. The molecule has 0 aromatic heterocycles. The first kappa shape index (κ1) is 17.0. The highest BCUT2D eigenvalue weighted by molar-refractivity contribution is 5.98. The van der Waals surface area contributed by atoms with Gasteiger partial charge in [0.05, 0.1) is 0 Å². The molecular formula is C20H29N3O2. The van der Waals surface area contributed by atoms with Gasteiger partial charge in [-0.3, -0.25) is 9.69 Å². The van der Waals surface area contributed by atoms with Crippen molar-refractivity contribution in [3.63, 3.8) is 0 Å². The molecule has 3 aliphatic heterocycles. The molecular weight excluding hydrogens is 314 g/mol. The Morgan fingerprint density at radius 1 is 1.32 bits per heavy atom. The number of piperazine rings is 1. The molecule has 3 heterocycles. The van der Waals surface area contributed by atoms with E-state index in [1.54, 1.807) is 0 Å². The number of carbonyl (C=O) groups excluding carboxylic acids is 1. The zero-order valence-electron chi connectivity index (χ0n) is 15.2. The van der Waals surface area contributed by atoms with Crippen LogP contribution in [0.15, 0.2) is 18.2 Å². The summed E-state index contributed by atoms with van der Waals surface area (Å²) in [7, 11) is 0. The van der Waals surface area contributed by atoms with Crippen molar-refractivity contribution < 1.29 is 9.53 Å². The van der Waals surface area contributed by atoms with Crippen LogP contribution in [-0.2, 0) is 22.4 Å². The number of hydrogen-bond donors (Lipinski definition) is 1. The summed E-state index contributed by atoms with van der Waals surface area (Å²) in [4.78, 5) is 17.2. The second kappa shape index (κ2) is 7.44. The molecule has 136 valence electrons. The van der Waals surface area contributed by atoms with Crippen LogP contribution in [0.5, 0.6) is 0 Å². The van der Waals surface area contributed by atoms with Gasteiger partial charge in [0.2, 0.25) is 0 Å². The van der Waals surface area contributed by atoms with Crippen molar-refractivity contribution in [2.45, 2.75) is 44.8 Å². The molecule has 0 bridgehead atoms. The molecule has 0 spiro atoms. The van der Waals surface area contributed by atoms with Gasteiger partial charge in [0.15, 0.2) is 0 Å². The van der Waals surface area contributed by atoms with E-state index in [4.69, 9.17) is 4.74 Å². The third kappa shape index (κ3) is 3.59. The second-order valence-corrected chi connectivity index (χ2v) is 7.54. The van der Waals surface area contributed by atoms with Crippen molar-refractivity contribution in [1.29, 1.82) is 0 Å². The van der Waals surface area contributed by atoms with Crippen LogP contribution in [0.3, 0.4) is 0 Å². The lowest BCUT2D eigenvalue weighted by molar-refractivity contribution is -0.127. The molecule has 5 heteroatoms. The molecule has 1 aromatic carbocycles. The minimum absolute atomic E-state index is 0.151. The highest BCUT2D eigenvalue weighted by atomic mass is 16.5. The Morgan fingerprint density at radius 2 is 2.16 bits per heavy atom. The Labute approximate surface area is 150 Å². The van der Waals surface area contributed by atoms with Crippen molar-refractivity contribution in [2.24, 2.45) is 0 Å². The van der Waals surface area contributed by atoms with Gasteiger partial charge in [-0.25, -0.2) is 0 Å². The number of carbonyl (C=O) groups is 1. The highest BCUT2D eigenvalue weighted by Crippen LogP contribution is 2.31. The Hall–Kier alpha value is -1.43. The number of anilines is 1. The lowest BCUT2D eigenvalue weighted by Crippen LogP contribution is -2.48. The lowest BCUT2D eigenvalue weighted by Gasteiger charge is -2.33. The first-order valence-electron chi connectivity index (χ1n) is 9.72. The zero-order valence-corrected chi connectivity index (χ0v) is 15.2. The molecule has 2 saturated heterocycles. The molecule has 2 fully saturated rings. The van der Waals surface area contributed by atoms with Crippen LogP contribution in [0.2, 0.25) is 0 Å². The van der Waals surface area contributed by atoms with E-state index in [9.17, 15) is 4.79 Å². The number of nitrogens with one attached hydrogen (secondary N) is 1. The SMILES string of the molecule is CC(Cc1ccc2c(c1)CCN2C(=O)C1CCCO1)N1CCNCC1. The number of hydrogen-bond acceptors (Lipinski definition) is 4. The first-order valence-corrected chi connectivity index (χ1v) is 9.72. The summed E-state index contributed by atoms with van der Waals surface area (Å²) in [5.74, 6) is 0.151. The zero-order chi connectivity index (χ0) is 17.2. The van der Waals surface area contributed by atoms with Crippen LogP contribution >= 0.6 is 0 Å². The van der Waals surface area contributed by atoms with E-state index in [0.717, 1.165) is 70.7 Å². The summed E-state index contributed by atoms with van der Waals surface area (Å²) < 4.78 is 5.58. The maximum absolute atomic E-state index is 12.7. The number of benzene rings is 1. The maximum Gasteiger partial charge on any atom is 0.256 e. The van der Waals surface area contributed by atoms with Gasteiger partial charge < -0.3 is 15.0 Å². The van der Waals surface area contributed by atoms with Gasteiger partial charge in [-0.2, -0.15) is 0 Å². The molecule has 1 amide bonds. The molecule has 2 unspecified atom stereocenters. The van der Waals surface area contributed by atoms with Gasteiger partial charge in [0.25, 0.3) is 5.91 Å². The van der Waals surface area contributed by atoms with Crippen molar-refractivity contribution >= 4 is 11.6 Å². The standard InChI is InChI=1S/C20H29N3O2/c1-15(22-10-7-21-8-11-22)13-16-4-5-18-17(14-16)6-9-23(18)20(24)19-3-2-12-25-19/h4-5,14-15,19,21H,2-3,6-13H2,1H3. The smallest absolute Gasteiger partial charge is 0.256 e. The van der Waals surface area contributed by atoms with Crippen LogP contribution < -0.4 is 10.2 Å². The number of fused-ring (bicyclic) bond motifs is 1. The van der Waals surface area contributed by atoms with Crippen molar-refractivity contribution in [3.8, 4) is 0 Å². The summed E-state index contributed by atoms with van der Waals surface area (Å²) in [5, 5.41) is 3.42. The Balaban J connectivity index is 1.43. The monoisotopic (exact) mass is 343 g/mol. The molecule has 25 heavy (non-hydrogen) atoms. The van der Waals surface area contributed by atoms with Crippen molar-refractivity contribution in [2.75, 3.05) is 44.2 Å². The highest BCUT2D eigenvalue weighted by Gasteiger charge is 2.32. The fourth-order valence-electron chi connectivity index (χ4n) is 4.35. The molecule has 1 aromatic rings. The summed E-state index contributed by atoms with van der Waals surface area (Å²) in [6.45, 7) is 8.30. The third-order valence-electron chi connectivity index (χ3n) is 5.82. The summed E-state index contributed by atoms with van der Waals surface area (Å²) in [5.41, 5.74) is 3.80. The average Bonchev–Trinajstić information content (AvgIpc) is 3.31. The van der Waals surface area contributed by atoms with Gasteiger partial charge in [-0.05, 0) is 49.8 Å². The van der Waals surface area contributed by atoms with Crippen molar-refractivity contribution in [3.05, 3.63) is 29.3 Å². The molecule has 2 atom stereocenters. The molecule has 5 nitrogen and oxygen atoms in total. The Morgan fingerprint density at radius 3 is 2.92 bits per heavy atom. The summed E-state index contributed by atoms with van der Waals surface area (Å²) in [6, 6.07) is 7.23. The second-order valence-electron chi connectivity index (χ2n) is 7.54. The Bertz CT molecular complexity index is 621. The fraction of sp³-hybridized carbons (Fsp3) is 0.650. The van der Waals surface area contributed by atoms with Crippen molar-refractivity contribution in [1.82, 2.24) is 10.2 Å². The predicted molar refractivity (Wildman–Crippen MR) is 99.1 cm³/mol. The van der Waals surface area contributed by atoms with Crippen LogP contribution in [0, 0.1) is 0 Å². The predicted octanol–water partition coefficient (Wildman–Crippen LogP) is 1.59. The molecule has 3 aliphatic rings. The number of nitrogens with zero attached hydrogens (tertiary/aromatic N) is 2. The molecule has 1 N–H and O–H groups in total. The van der Waals surface area contributed by atoms with Crippen LogP contribution in [0.4, 0.5) is 5.69 Å². The van der Waals surface area contributed by atoms with Gasteiger partial charge in [-0.15, -0.1) is 0 Å². The van der Waals surface area contributed by atoms with Gasteiger partial charge in [0, 0.05) is 51.1 Å². The van der Waals surface area contributed by atoms with E-state index < -0.39 is 0 Å². The van der Waals surface area contributed by atoms with E-state index in [0.29, 0.717) is 6.04 Å². The van der Waals surface area contributed by atoms with Crippen LogP contribution in [0.1, 0.15) is 30.9 Å². The van der Waals surface area contributed by atoms with Crippen LogP contribution in [-0.4, -0.2) is 62.3 Å². The molecule has 4 rings (SSSR count). The van der Waals surface area contributed by atoms with E-state index >= 15 is 0 Å². The van der Waals surface area contributed by atoms with E-state index in [1.807, 2.05) is 4.90 Å². The number of rotatable bonds is 4. The maximum atomic E-state index is 12.7. The summed E-state index contributed by atoms with van der Waals surface area (Å²) in [6.07, 6.45) is 3.68. The van der Waals surface area contributed by atoms with Gasteiger partial charge >= 0.3 is 0 Å². The molecule has 0 saturated carbocycles. The van der Waals surface area contributed by atoms with Crippen LogP contribution in [0.25, 0.3) is 0 Å². The largest absolute Gasteiger partial charge is 0.368 e. The quantitative estimate of drug-likeness (QED) is 0.902. The van der Waals surface area contributed by atoms with E-state index in [1.165, 1.54) is 11.1 Å². The van der Waals surface area contributed by atoms with E-state index in [-0.39, 0.29) is 12.0 Å². The third-order valence-corrected chi connectivity index (χ3v) is 5.82. The normalized spacial score (nSPS) is 25.2. The summed E-state index contributed by atoms with van der Waals surface area (Å²) >= 11 is 0. The number of amides is 1. The average molecular weight is 343 g/mol. The molecule has 0 aliphatic carbocycles. The Kier molecular flexibility index (Phi) is 5.06.